The predicted molar refractivity (Wildman–Crippen MR) is 120 cm³/mol. The van der Waals surface area contributed by atoms with Crippen LogP contribution in [0.25, 0.3) is 0 Å². The van der Waals surface area contributed by atoms with Crippen molar-refractivity contribution in [3.63, 3.8) is 0 Å². The molecule has 166 valence electrons. The number of fused-ring (bicyclic) bond motifs is 1. The van der Waals surface area contributed by atoms with Crippen LogP contribution in [-0.2, 0) is 13.1 Å². The van der Waals surface area contributed by atoms with Crippen LogP contribution in [0.3, 0.4) is 0 Å². The number of carbonyl (C=O) groups excluding carboxylic acids is 1. The maximum atomic E-state index is 14.9. The lowest BCUT2D eigenvalue weighted by atomic mass is 9.97. The summed E-state index contributed by atoms with van der Waals surface area (Å²) in [6.07, 6.45) is 1.49. The molecule has 1 unspecified atom stereocenters. The summed E-state index contributed by atoms with van der Waals surface area (Å²) in [6.45, 7) is 7.00. The number of amides is 2. The van der Waals surface area contributed by atoms with Crippen molar-refractivity contribution in [1.29, 1.82) is 0 Å². The highest BCUT2D eigenvalue weighted by Crippen LogP contribution is 2.34. The number of benzene rings is 2. The van der Waals surface area contributed by atoms with Crippen molar-refractivity contribution in [3.8, 4) is 5.75 Å². The quantitative estimate of drug-likeness (QED) is 0.634. The van der Waals surface area contributed by atoms with Crippen LogP contribution >= 0.6 is 0 Å². The third-order valence-corrected chi connectivity index (χ3v) is 6.02. The second kappa shape index (κ2) is 9.69. The Kier molecular flexibility index (Phi) is 6.76. The largest absolute Gasteiger partial charge is 0.493 e. The third kappa shape index (κ3) is 5.76. The first-order valence-corrected chi connectivity index (χ1v) is 11.3. The monoisotopic (exact) mass is 425 g/mol. The highest BCUT2D eigenvalue weighted by atomic mass is 19.1. The van der Waals surface area contributed by atoms with Gasteiger partial charge in [-0.2, -0.15) is 0 Å². The SMILES string of the molecule is CCNC(=O)N[C@@H](C)c1ccc(CN2Cc3ccc(OCC4CC4)cc3C(F)C2)cc1. The number of alkyl halides is 1. The molecule has 0 radical (unpaired) electrons. The summed E-state index contributed by atoms with van der Waals surface area (Å²) in [5.74, 6) is 1.47. The first kappa shape index (κ1) is 21.6. The van der Waals surface area contributed by atoms with Gasteiger partial charge in [0.25, 0.3) is 0 Å². The van der Waals surface area contributed by atoms with E-state index >= 15 is 0 Å². The van der Waals surface area contributed by atoms with Crippen molar-refractivity contribution in [2.24, 2.45) is 5.92 Å². The molecule has 2 aromatic rings. The molecule has 5 nitrogen and oxygen atoms in total. The van der Waals surface area contributed by atoms with Gasteiger partial charge in [0.1, 0.15) is 11.9 Å². The van der Waals surface area contributed by atoms with Gasteiger partial charge in [0.2, 0.25) is 0 Å². The van der Waals surface area contributed by atoms with Gasteiger partial charge in [0, 0.05) is 26.2 Å². The Hall–Kier alpha value is -2.60. The molecule has 2 aliphatic rings. The van der Waals surface area contributed by atoms with Gasteiger partial charge in [-0.1, -0.05) is 30.3 Å². The molecule has 4 rings (SSSR count). The van der Waals surface area contributed by atoms with E-state index in [0.29, 0.717) is 25.6 Å². The average Bonchev–Trinajstić information content (AvgIpc) is 3.58. The van der Waals surface area contributed by atoms with E-state index in [0.717, 1.165) is 41.2 Å². The fraction of sp³-hybridized carbons (Fsp3) is 0.480. The van der Waals surface area contributed by atoms with Crippen LogP contribution in [0.4, 0.5) is 9.18 Å². The third-order valence-electron chi connectivity index (χ3n) is 6.02. The van der Waals surface area contributed by atoms with Crippen LogP contribution in [-0.4, -0.2) is 30.6 Å². The molecular formula is C25H32FN3O2. The number of rotatable bonds is 8. The Bertz CT molecular complexity index is 898. The summed E-state index contributed by atoms with van der Waals surface area (Å²) in [5, 5.41) is 5.66. The molecular weight excluding hydrogens is 393 g/mol. The molecule has 0 bridgehead atoms. The number of nitrogens with zero attached hydrogens (tertiary/aromatic N) is 1. The molecule has 1 aliphatic heterocycles. The fourth-order valence-corrected chi connectivity index (χ4v) is 4.01. The number of hydrogen-bond acceptors (Lipinski definition) is 3. The number of halogens is 1. The van der Waals surface area contributed by atoms with E-state index in [-0.39, 0.29) is 12.1 Å². The number of ether oxygens (including phenoxy) is 1. The summed E-state index contributed by atoms with van der Waals surface area (Å²) in [7, 11) is 0. The molecule has 2 atom stereocenters. The van der Waals surface area contributed by atoms with Crippen molar-refractivity contribution in [2.75, 3.05) is 19.7 Å². The predicted octanol–water partition coefficient (Wildman–Crippen LogP) is 4.88. The van der Waals surface area contributed by atoms with Gasteiger partial charge in [0.15, 0.2) is 0 Å². The van der Waals surface area contributed by atoms with Crippen molar-refractivity contribution in [2.45, 2.75) is 52.0 Å². The maximum Gasteiger partial charge on any atom is 0.315 e. The fourth-order valence-electron chi connectivity index (χ4n) is 4.01. The lowest BCUT2D eigenvalue weighted by molar-refractivity contribution is 0.158. The van der Waals surface area contributed by atoms with E-state index in [1.807, 2.05) is 44.2 Å². The zero-order chi connectivity index (χ0) is 21.8. The molecule has 0 aromatic heterocycles. The van der Waals surface area contributed by atoms with Gasteiger partial charge in [-0.15, -0.1) is 0 Å². The summed E-state index contributed by atoms with van der Waals surface area (Å²) in [5.41, 5.74) is 3.98. The van der Waals surface area contributed by atoms with Crippen LogP contribution < -0.4 is 15.4 Å². The highest BCUT2D eigenvalue weighted by molar-refractivity contribution is 5.74. The van der Waals surface area contributed by atoms with E-state index in [9.17, 15) is 9.18 Å². The lowest BCUT2D eigenvalue weighted by Crippen LogP contribution is -2.36. The molecule has 0 spiro atoms. The molecule has 2 N–H and O–H groups in total. The normalized spacial score (nSPS) is 19.4. The minimum Gasteiger partial charge on any atom is -0.493 e. The van der Waals surface area contributed by atoms with Crippen molar-refractivity contribution in [1.82, 2.24) is 15.5 Å². The molecule has 1 heterocycles. The number of urea groups is 1. The van der Waals surface area contributed by atoms with E-state index in [1.165, 1.54) is 12.8 Å². The highest BCUT2D eigenvalue weighted by Gasteiger charge is 2.26. The van der Waals surface area contributed by atoms with Crippen LogP contribution in [0.2, 0.25) is 0 Å². The van der Waals surface area contributed by atoms with E-state index in [2.05, 4.69) is 27.7 Å². The van der Waals surface area contributed by atoms with Crippen molar-refractivity contribution < 1.29 is 13.9 Å². The van der Waals surface area contributed by atoms with Gasteiger partial charge in [-0.3, -0.25) is 4.90 Å². The molecule has 31 heavy (non-hydrogen) atoms. The van der Waals surface area contributed by atoms with E-state index in [1.54, 1.807) is 0 Å². The summed E-state index contributed by atoms with van der Waals surface area (Å²) < 4.78 is 20.8. The second-order valence-electron chi connectivity index (χ2n) is 8.72. The zero-order valence-corrected chi connectivity index (χ0v) is 18.4. The van der Waals surface area contributed by atoms with E-state index < -0.39 is 6.17 Å². The van der Waals surface area contributed by atoms with Crippen molar-refractivity contribution in [3.05, 3.63) is 64.7 Å². The Balaban J connectivity index is 1.34. The molecule has 2 aromatic carbocycles. The van der Waals surface area contributed by atoms with Gasteiger partial charge < -0.3 is 15.4 Å². The van der Waals surface area contributed by atoms with Gasteiger partial charge in [0.05, 0.1) is 12.6 Å². The smallest absolute Gasteiger partial charge is 0.315 e. The molecule has 6 heteroatoms. The topological polar surface area (TPSA) is 53.6 Å². The molecule has 2 amide bonds. The molecule has 0 saturated heterocycles. The van der Waals surface area contributed by atoms with Crippen LogP contribution in [0.5, 0.6) is 5.75 Å². The number of nitrogens with one attached hydrogen (secondary N) is 2. The summed E-state index contributed by atoms with van der Waals surface area (Å²) >= 11 is 0. The Morgan fingerprint density at radius 2 is 2.00 bits per heavy atom. The molecule has 1 saturated carbocycles. The number of hydrogen-bond donors (Lipinski definition) is 2. The Labute approximate surface area is 184 Å². The average molecular weight is 426 g/mol. The standard InChI is InChI=1S/C25H32FN3O2/c1-3-27-25(30)28-17(2)20-8-6-18(7-9-20)13-29-14-21-10-11-22(31-16-19-4-5-19)12-23(21)24(26)15-29/h6-12,17,19,24H,3-5,13-16H2,1-2H3,(H2,27,28,30)/t17-,24?/m0/s1. The first-order chi connectivity index (χ1) is 15.0. The van der Waals surface area contributed by atoms with Crippen LogP contribution in [0.1, 0.15) is 61.2 Å². The zero-order valence-electron chi connectivity index (χ0n) is 18.4. The molecule has 1 fully saturated rings. The minimum atomic E-state index is -1.01. The summed E-state index contributed by atoms with van der Waals surface area (Å²) in [6, 6.07) is 13.8. The Morgan fingerprint density at radius 3 is 2.71 bits per heavy atom. The van der Waals surface area contributed by atoms with Gasteiger partial charge >= 0.3 is 6.03 Å². The first-order valence-electron chi connectivity index (χ1n) is 11.3. The maximum absolute atomic E-state index is 14.9. The Morgan fingerprint density at radius 1 is 1.23 bits per heavy atom. The van der Waals surface area contributed by atoms with Gasteiger partial charge in [-0.25, -0.2) is 9.18 Å². The summed E-state index contributed by atoms with van der Waals surface area (Å²) in [4.78, 5) is 13.8. The van der Waals surface area contributed by atoms with Crippen LogP contribution in [0.15, 0.2) is 42.5 Å². The lowest BCUT2D eigenvalue weighted by Gasteiger charge is -2.31. The van der Waals surface area contributed by atoms with Crippen molar-refractivity contribution >= 4 is 6.03 Å². The van der Waals surface area contributed by atoms with Gasteiger partial charge in [-0.05, 0) is 67.0 Å². The van der Waals surface area contributed by atoms with E-state index in [4.69, 9.17) is 4.74 Å². The van der Waals surface area contributed by atoms with Crippen LogP contribution in [0, 0.1) is 5.92 Å². The number of carbonyl (C=O) groups is 1. The second-order valence-corrected chi connectivity index (χ2v) is 8.72. The molecule has 1 aliphatic carbocycles. The minimum absolute atomic E-state index is 0.0750.